The number of hydrogen-bond donors (Lipinski definition) is 0. The van der Waals surface area contributed by atoms with Crippen LogP contribution in [0.15, 0.2) is 18.2 Å². The Labute approximate surface area is 92.3 Å². The summed E-state index contributed by atoms with van der Waals surface area (Å²) in [6.07, 6.45) is -1.46. The van der Waals surface area contributed by atoms with Gasteiger partial charge in [0.05, 0.1) is 5.56 Å². The summed E-state index contributed by atoms with van der Waals surface area (Å²) in [7, 11) is 0. The topological polar surface area (TPSA) is 0 Å². The largest absolute Gasteiger partial charge is 0.416 e. The van der Waals surface area contributed by atoms with Crippen molar-refractivity contribution in [2.45, 2.75) is 38.8 Å². The first-order valence-electron chi connectivity index (χ1n) is 5.30. The van der Waals surface area contributed by atoms with Crippen molar-refractivity contribution < 1.29 is 17.6 Å². The van der Waals surface area contributed by atoms with E-state index < -0.39 is 17.6 Å². The van der Waals surface area contributed by atoms with Crippen molar-refractivity contribution in [3.8, 4) is 0 Å². The predicted molar refractivity (Wildman–Crippen MR) is 54.6 cm³/mol. The molecule has 0 nitrogen and oxygen atoms in total. The number of rotatable bonds is 4. The van der Waals surface area contributed by atoms with E-state index in [4.69, 9.17) is 0 Å². The molecule has 0 radical (unpaired) electrons. The number of unbranched alkanes of at least 4 members (excludes halogenated alkanes) is 2. The minimum absolute atomic E-state index is 0.156. The van der Waals surface area contributed by atoms with Crippen LogP contribution in [0.2, 0.25) is 0 Å². The molecule has 0 N–H and O–H groups in total. The van der Waals surface area contributed by atoms with Crippen LogP contribution in [0.25, 0.3) is 0 Å². The van der Waals surface area contributed by atoms with Crippen molar-refractivity contribution in [2.75, 3.05) is 0 Å². The zero-order valence-corrected chi connectivity index (χ0v) is 9.07. The molecule has 0 amide bonds. The lowest BCUT2D eigenvalue weighted by atomic mass is 10.0. The second-order valence-corrected chi connectivity index (χ2v) is 3.76. The van der Waals surface area contributed by atoms with Gasteiger partial charge >= 0.3 is 6.18 Å². The molecule has 0 aliphatic rings. The number of halogens is 4. The molecule has 0 saturated carbocycles. The highest BCUT2D eigenvalue weighted by atomic mass is 19.4. The Balaban J connectivity index is 2.83. The fourth-order valence-electron chi connectivity index (χ4n) is 1.51. The van der Waals surface area contributed by atoms with E-state index in [1.165, 1.54) is 0 Å². The third-order valence-electron chi connectivity index (χ3n) is 2.42. The van der Waals surface area contributed by atoms with Gasteiger partial charge in [0.2, 0.25) is 0 Å². The lowest BCUT2D eigenvalue weighted by Crippen LogP contribution is -2.06. The van der Waals surface area contributed by atoms with Gasteiger partial charge in [0.25, 0.3) is 0 Å². The van der Waals surface area contributed by atoms with Crippen LogP contribution in [0.3, 0.4) is 0 Å². The Morgan fingerprint density at radius 2 is 1.81 bits per heavy atom. The standard InChI is InChI=1S/C12H14F4/c1-2-3-4-5-9-8-10(12(14,15)16)6-7-11(9)13/h6-8H,2-5H2,1H3. The minimum Gasteiger partial charge on any atom is -0.207 e. The molecule has 0 aliphatic carbocycles. The van der Waals surface area contributed by atoms with Crippen molar-refractivity contribution >= 4 is 0 Å². The van der Waals surface area contributed by atoms with Crippen LogP contribution in [0.4, 0.5) is 17.6 Å². The lowest BCUT2D eigenvalue weighted by molar-refractivity contribution is -0.137. The van der Waals surface area contributed by atoms with Gasteiger partial charge in [-0.3, -0.25) is 0 Å². The molecule has 0 atom stereocenters. The summed E-state index contributed by atoms with van der Waals surface area (Å²) in [5, 5.41) is 0. The Kier molecular flexibility index (Phi) is 4.33. The zero-order chi connectivity index (χ0) is 12.2. The van der Waals surface area contributed by atoms with Gasteiger partial charge < -0.3 is 0 Å². The average Bonchev–Trinajstić information content (AvgIpc) is 2.19. The van der Waals surface area contributed by atoms with Crippen molar-refractivity contribution in [3.05, 3.63) is 35.1 Å². The molecule has 16 heavy (non-hydrogen) atoms. The molecule has 0 aromatic heterocycles. The smallest absolute Gasteiger partial charge is 0.207 e. The fourth-order valence-corrected chi connectivity index (χ4v) is 1.51. The van der Waals surface area contributed by atoms with E-state index in [1.54, 1.807) is 0 Å². The summed E-state index contributed by atoms with van der Waals surface area (Å²) >= 11 is 0. The maximum atomic E-state index is 13.2. The molecule has 90 valence electrons. The second-order valence-electron chi connectivity index (χ2n) is 3.76. The van der Waals surface area contributed by atoms with Gasteiger partial charge in [0.1, 0.15) is 5.82 Å². The molecule has 1 rings (SSSR count). The molecular formula is C12H14F4. The summed E-state index contributed by atoms with van der Waals surface area (Å²) in [5.74, 6) is -0.552. The molecule has 0 saturated heterocycles. The highest BCUT2D eigenvalue weighted by Crippen LogP contribution is 2.30. The van der Waals surface area contributed by atoms with Crippen molar-refractivity contribution in [2.24, 2.45) is 0 Å². The molecule has 1 aromatic carbocycles. The first-order valence-corrected chi connectivity index (χ1v) is 5.30. The maximum absolute atomic E-state index is 13.2. The first kappa shape index (κ1) is 13.0. The Bertz CT molecular complexity index is 341. The SMILES string of the molecule is CCCCCc1cc(C(F)(F)F)ccc1F. The van der Waals surface area contributed by atoms with Crippen LogP contribution in [0.5, 0.6) is 0 Å². The quantitative estimate of drug-likeness (QED) is 0.528. The summed E-state index contributed by atoms with van der Waals surface area (Å²) in [5.41, 5.74) is -0.622. The Morgan fingerprint density at radius 3 is 2.38 bits per heavy atom. The fraction of sp³-hybridized carbons (Fsp3) is 0.500. The maximum Gasteiger partial charge on any atom is 0.416 e. The van der Waals surface area contributed by atoms with E-state index in [2.05, 4.69) is 0 Å². The third-order valence-corrected chi connectivity index (χ3v) is 2.42. The van der Waals surface area contributed by atoms with Gasteiger partial charge in [-0.05, 0) is 36.6 Å². The van der Waals surface area contributed by atoms with Crippen LogP contribution in [-0.2, 0) is 12.6 Å². The number of aryl methyl sites for hydroxylation is 1. The van der Waals surface area contributed by atoms with Crippen LogP contribution in [0.1, 0.15) is 37.3 Å². The summed E-state index contributed by atoms with van der Waals surface area (Å²) in [6.45, 7) is 1.99. The van der Waals surface area contributed by atoms with Crippen molar-refractivity contribution in [1.29, 1.82) is 0 Å². The highest BCUT2D eigenvalue weighted by Gasteiger charge is 2.30. The van der Waals surface area contributed by atoms with Crippen LogP contribution < -0.4 is 0 Å². The summed E-state index contributed by atoms with van der Waals surface area (Å²) < 4.78 is 50.3. The van der Waals surface area contributed by atoms with Gasteiger partial charge in [-0.25, -0.2) is 4.39 Å². The average molecular weight is 234 g/mol. The normalized spacial score (nSPS) is 11.8. The van der Waals surface area contributed by atoms with E-state index in [9.17, 15) is 17.6 Å². The van der Waals surface area contributed by atoms with Crippen molar-refractivity contribution in [3.63, 3.8) is 0 Å². The lowest BCUT2D eigenvalue weighted by Gasteiger charge is -2.09. The van der Waals surface area contributed by atoms with Crippen LogP contribution in [0, 0.1) is 5.82 Å². The third kappa shape index (κ3) is 3.51. The summed E-state index contributed by atoms with van der Waals surface area (Å²) in [4.78, 5) is 0. The van der Waals surface area contributed by atoms with Gasteiger partial charge in [0.15, 0.2) is 0 Å². The number of hydrogen-bond acceptors (Lipinski definition) is 0. The van der Waals surface area contributed by atoms with E-state index in [1.807, 2.05) is 6.92 Å². The van der Waals surface area contributed by atoms with Gasteiger partial charge in [-0.15, -0.1) is 0 Å². The van der Waals surface area contributed by atoms with Crippen LogP contribution in [-0.4, -0.2) is 0 Å². The zero-order valence-electron chi connectivity index (χ0n) is 9.07. The molecule has 0 aliphatic heterocycles. The molecule has 4 heteroatoms. The molecule has 0 heterocycles. The Morgan fingerprint density at radius 1 is 1.12 bits per heavy atom. The molecule has 0 unspecified atom stereocenters. The molecular weight excluding hydrogens is 220 g/mol. The van der Waals surface area contributed by atoms with E-state index in [0.717, 1.165) is 31.0 Å². The first-order chi connectivity index (χ1) is 7.45. The molecule has 0 fully saturated rings. The number of alkyl halides is 3. The van der Waals surface area contributed by atoms with Gasteiger partial charge in [-0.2, -0.15) is 13.2 Å². The molecule has 1 aromatic rings. The van der Waals surface area contributed by atoms with Gasteiger partial charge in [-0.1, -0.05) is 19.8 Å². The van der Waals surface area contributed by atoms with E-state index >= 15 is 0 Å². The van der Waals surface area contributed by atoms with Gasteiger partial charge in [0, 0.05) is 0 Å². The number of benzene rings is 1. The molecule has 0 bridgehead atoms. The second kappa shape index (κ2) is 5.32. The minimum atomic E-state index is -4.40. The van der Waals surface area contributed by atoms with Crippen LogP contribution >= 0.6 is 0 Å². The molecule has 0 spiro atoms. The summed E-state index contributed by atoms with van der Waals surface area (Å²) in [6, 6.07) is 2.58. The Hall–Kier alpha value is -1.06. The van der Waals surface area contributed by atoms with E-state index in [0.29, 0.717) is 12.8 Å². The predicted octanol–water partition coefficient (Wildman–Crippen LogP) is 4.58. The monoisotopic (exact) mass is 234 g/mol. The van der Waals surface area contributed by atoms with E-state index in [-0.39, 0.29) is 5.56 Å². The van der Waals surface area contributed by atoms with Crippen molar-refractivity contribution in [1.82, 2.24) is 0 Å². The highest BCUT2D eigenvalue weighted by molar-refractivity contribution is 5.27.